The lowest BCUT2D eigenvalue weighted by Crippen LogP contribution is -2.14. The number of pyridine rings is 1. The van der Waals surface area contributed by atoms with E-state index in [0.717, 1.165) is 43.7 Å². The van der Waals surface area contributed by atoms with E-state index in [1.165, 1.54) is 37.9 Å². The molecule has 8 heteroatoms. The van der Waals surface area contributed by atoms with Gasteiger partial charge in [0.15, 0.2) is 0 Å². The summed E-state index contributed by atoms with van der Waals surface area (Å²) in [6, 6.07) is 4.43. The van der Waals surface area contributed by atoms with Gasteiger partial charge < -0.3 is 15.2 Å². The Morgan fingerprint density at radius 3 is 2.71 bits per heavy atom. The van der Waals surface area contributed by atoms with Crippen LogP contribution in [0.25, 0.3) is 0 Å². The minimum absolute atomic E-state index is 0.0808. The summed E-state index contributed by atoms with van der Waals surface area (Å²) in [5, 5.41) is 12.9. The fourth-order valence-corrected chi connectivity index (χ4v) is 3.77. The molecule has 2 aromatic rings. The summed E-state index contributed by atoms with van der Waals surface area (Å²) in [6.07, 6.45) is 9.73. The van der Waals surface area contributed by atoms with Gasteiger partial charge in [0.25, 0.3) is 0 Å². The molecule has 0 fully saturated rings. The van der Waals surface area contributed by atoms with E-state index in [2.05, 4.69) is 27.4 Å². The number of unbranched alkanes of at least 4 members (excludes halogenated alkanes) is 1. The number of aryl methyl sites for hydroxylation is 2. The van der Waals surface area contributed by atoms with E-state index in [-0.39, 0.29) is 24.6 Å². The van der Waals surface area contributed by atoms with Crippen molar-refractivity contribution in [1.29, 1.82) is 0 Å². The number of ketones is 1. The molecular formula is C23H30N4O4. The van der Waals surface area contributed by atoms with Gasteiger partial charge in [-0.05, 0) is 56.6 Å². The molecule has 1 unspecified atom stereocenters. The highest BCUT2D eigenvalue weighted by atomic mass is 16.5. The molecule has 31 heavy (non-hydrogen) atoms. The number of aromatic nitrogens is 3. The summed E-state index contributed by atoms with van der Waals surface area (Å²) >= 11 is 0. The minimum atomic E-state index is -0.982. The van der Waals surface area contributed by atoms with Crippen LogP contribution in [0, 0.1) is 0 Å². The standard InChI is InChI=1S/C23H30N4O4/c1-31-23-25-14-17(15-26-23)20(22(29)30)12-11-19(28)8-3-2-7-18-10-9-16-6-4-5-13-24-21(16)27-18/h9-10,14-15,20H,2-8,11-13H2,1H3,(H,24,27)(H,29,30). The number of hydrogen-bond donors (Lipinski definition) is 2. The predicted molar refractivity (Wildman–Crippen MR) is 116 cm³/mol. The second-order valence-corrected chi connectivity index (χ2v) is 7.87. The second kappa shape index (κ2) is 11.4. The molecule has 0 saturated carbocycles. The van der Waals surface area contributed by atoms with Crippen molar-refractivity contribution in [3.05, 3.63) is 41.3 Å². The van der Waals surface area contributed by atoms with Crippen LogP contribution in [-0.4, -0.2) is 45.5 Å². The molecule has 0 aromatic carbocycles. The van der Waals surface area contributed by atoms with Crippen LogP contribution in [-0.2, 0) is 22.4 Å². The first-order valence-corrected chi connectivity index (χ1v) is 10.9. The molecule has 1 atom stereocenters. The average molecular weight is 427 g/mol. The van der Waals surface area contributed by atoms with Crippen molar-refractivity contribution in [2.24, 2.45) is 0 Å². The van der Waals surface area contributed by atoms with Gasteiger partial charge in [0.2, 0.25) is 0 Å². The lowest BCUT2D eigenvalue weighted by molar-refractivity contribution is -0.139. The highest BCUT2D eigenvalue weighted by molar-refractivity contribution is 5.80. The normalized spacial score (nSPS) is 14.1. The number of fused-ring (bicyclic) bond motifs is 1. The predicted octanol–water partition coefficient (Wildman–Crippen LogP) is 3.56. The molecule has 1 aliphatic rings. The first kappa shape index (κ1) is 22.7. The van der Waals surface area contributed by atoms with Gasteiger partial charge in [-0.2, -0.15) is 0 Å². The number of nitrogens with one attached hydrogen (secondary N) is 1. The number of carbonyl (C=O) groups excluding carboxylic acids is 1. The number of anilines is 1. The molecular weight excluding hydrogens is 396 g/mol. The molecule has 0 radical (unpaired) electrons. The molecule has 8 nitrogen and oxygen atoms in total. The summed E-state index contributed by atoms with van der Waals surface area (Å²) < 4.78 is 4.90. The SMILES string of the molecule is COc1ncc(C(CCC(=O)CCCCc2ccc3c(n2)NCCCC3)C(=O)O)cn1. The van der Waals surface area contributed by atoms with Crippen LogP contribution in [0.2, 0.25) is 0 Å². The van der Waals surface area contributed by atoms with E-state index in [9.17, 15) is 14.7 Å². The molecule has 2 N–H and O–H groups in total. The molecule has 0 bridgehead atoms. The Labute approximate surface area is 182 Å². The summed E-state index contributed by atoms with van der Waals surface area (Å²) in [6.45, 7) is 0.970. The summed E-state index contributed by atoms with van der Waals surface area (Å²) in [4.78, 5) is 36.5. The van der Waals surface area contributed by atoms with Crippen molar-refractivity contribution < 1.29 is 19.4 Å². The van der Waals surface area contributed by atoms with Gasteiger partial charge in [-0.25, -0.2) is 15.0 Å². The van der Waals surface area contributed by atoms with Crippen LogP contribution in [0.4, 0.5) is 5.82 Å². The Balaban J connectivity index is 1.41. The van der Waals surface area contributed by atoms with Crippen molar-refractivity contribution in [1.82, 2.24) is 15.0 Å². The van der Waals surface area contributed by atoms with Crippen molar-refractivity contribution in [3.63, 3.8) is 0 Å². The van der Waals surface area contributed by atoms with Crippen molar-refractivity contribution in [3.8, 4) is 6.01 Å². The first-order chi connectivity index (χ1) is 15.1. The van der Waals surface area contributed by atoms with Gasteiger partial charge in [0, 0.05) is 43.0 Å². The molecule has 2 aromatic heterocycles. The number of methoxy groups -OCH3 is 1. The third-order valence-corrected chi connectivity index (χ3v) is 5.58. The van der Waals surface area contributed by atoms with Crippen molar-refractivity contribution in [2.45, 2.75) is 63.7 Å². The summed E-state index contributed by atoms with van der Waals surface area (Å²) in [5.41, 5.74) is 2.81. The summed E-state index contributed by atoms with van der Waals surface area (Å²) in [5.74, 6) is -0.693. The number of carbonyl (C=O) groups is 2. The Morgan fingerprint density at radius 1 is 1.16 bits per heavy atom. The van der Waals surface area contributed by atoms with Gasteiger partial charge in [-0.3, -0.25) is 9.59 Å². The third kappa shape index (κ3) is 6.73. The number of ether oxygens (including phenoxy) is 1. The maximum absolute atomic E-state index is 12.3. The molecule has 1 aliphatic heterocycles. The largest absolute Gasteiger partial charge is 0.481 e. The fraction of sp³-hybridized carbons (Fsp3) is 0.522. The van der Waals surface area contributed by atoms with Gasteiger partial charge in [0.1, 0.15) is 11.6 Å². The van der Waals surface area contributed by atoms with Crippen LogP contribution < -0.4 is 10.1 Å². The molecule has 0 spiro atoms. The zero-order chi connectivity index (χ0) is 22.1. The molecule has 3 heterocycles. The Hall–Kier alpha value is -3.03. The highest BCUT2D eigenvalue weighted by Crippen LogP contribution is 2.23. The number of hydrogen-bond acceptors (Lipinski definition) is 7. The number of Topliss-reactive ketones (excluding diaryl/α,β-unsaturated/α-hetero) is 1. The van der Waals surface area contributed by atoms with Crippen LogP contribution in [0.3, 0.4) is 0 Å². The molecule has 0 saturated heterocycles. The smallest absolute Gasteiger partial charge is 0.316 e. The maximum atomic E-state index is 12.3. The lowest BCUT2D eigenvalue weighted by atomic mass is 9.94. The topological polar surface area (TPSA) is 114 Å². The van der Waals surface area contributed by atoms with E-state index in [0.29, 0.717) is 12.0 Å². The van der Waals surface area contributed by atoms with E-state index in [1.807, 2.05) is 0 Å². The van der Waals surface area contributed by atoms with Gasteiger partial charge in [-0.15, -0.1) is 0 Å². The number of aliphatic carboxylic acids is 1. The number of rotatable bonds is 11. The maximum Gasteiger partial charge on any atom is 0.316 e. The van der Waals surface area contributed by atoms with E-state index >= 15 is 0 Å². The average Bonchev–Trinajstić information content (AvgIpc) is 3.02. The molecule has 0 aliphatic carbocycles. The van der Waals surface area contributed by atoms with Crippen LogP contribution in [0.5, 0.6) is 6.01 Å². The number of carboxylic acid groups (broad SMARTS) is 1. The van der Waals surface area contributed by atoms with Gasteiger partial charge in [-0.1, -0.05) is 6.07 Å². The zero-order valence-corrected chi connectivity index (χ0v) is 18.0. The Kier molecular flexibility index (Phi) is 8.32. The second-order valence-electron chi connectivity index (χ2n) is 7.87. The quantitative estimate of drug-likeness (QED) is 0.524. The Morgan fingerprint density at radius 2 is 1.97 bits per heavy atom. The molecule has 166 valence electrons. The highest BCUT2D eigenvalue weighted by Gasteiger charge is 2.22. The molecule has 3 rings (SSSR count). The van der Waals surface area contributed by atoms with Crippen molar-refractivity contribution >= 4 is 17.6 Å². The fourth-order valence-electron chi connectivity index (χ4n) is 3.77. The monoisotopic (exact) mass is 426 g/mol. The Bertz CT molecular complexity index is 886. The first-order valence-electron chi connectivity index (χ1n) is 10.9. The van der Waals surface area contributed by atoms with Gasteiger partial charge in [0.05, 0.1) is 13.0 Å². The van der Waals surface area contributed by atoms with Crippen molar-refractivity contribution in [2.75, 3.05) is 19.0 Å². The van der Waals surface area contributed by atoms with E-state index in [4.69, 9.17) is 9.72 Å². The lowest BCUT2D eigenvalue weighted by Gasteiger charge is -2.12. The number of carboxylic acids is 1. The number of nitrogens with zero attached hydrogens (tertiary/aromatic N) is 3. The van der Waals surface area contributed by atoms with Crippen LogP contribution in [0.1, 0.15) is 67.7 Å². The van der Waals surface area contributed by atoms with E-state index < -0.39 is 11.9 Å². The third-order valence-electron chi connectivity index (χ3n) is 5.58. The van der Waals surface area contributed by atoms with Crippen LogP contribution >= 0.6 is 0 Å². The van der Waals surface area contributed by atoms with E-state index in [1.54, 1.807) is 0 Å². The van der Waals surface area contributed by atoms with Gasteiger partial charge >= 0.3 is 12.0 Å². The molecule has 0 amide bonds. The summed E-state index contributed by atoms with van der Waals surface area (Å²) in [7, 11) is 1.45. The van der Waals surface area contributed by atoms with Crippen LogP contribution in [0.15, 0.2) is 24.5 Å². The zero-order valence-electron chi connectivity index (χ0n) is 18.0. The minimum Gasteiger partial charge on any atom is -0.481 e.